The molecule has 0 aliphatic rings. The highest BCUT2D eigenvalue weighted by atomic mass is 32.2. The summed E-state index contributed by atoms with van der Waals surface area (Å²) in [6, 6.07) is 21.4. The molecule has 0 radical (unpaired) electrons. The van der Waals surface area contributed by atoms with Crippen LogP contribution in [0.25, 0.3) is 17.1 Å². The van der Waals surface area contributed by atoms with Gasteiger partial charge in [-0.25, -0.2) is 9.82 Å². The average molecular weight is 476 g/mol. The van der Waals surface area contributed by atoms with Crippen LogP contribution in [-0.2, 0) is 4.79 Å². The highest BCUT2D eigenvalue weighted by Crippen LogP contribution is 2.29. The number of hydrogen-bond donors (Lipinski definition) is 1. The molecule has 172 valence electrons. The second-order valence-electron chi connectivity index (χ2n) is 7.34. The standard InChI is InChI=1S/C25H22FN5O2S/c1-17-3-7-19(8-4-17)24-29-30-25(31(24)21-11-13-22(33-2)14-12-21)34-16-23(32)28-27-15-18-5-9-20(26)10-6-18/h3-15H,16H2,1-2H3,(H,28,32)/b27-15+. The van der Waals surface area contributed by atoms with Crippen LogP contribution in [-0.4, -0.2) is 39.7 Å². The fourth-order valence-corrected chi connectivity index (χ4v) is 3.85. The molecule has 1 aromatic heterocycles. The van der Waals surface area contributed by atoms with Crippen LogP contribution in [0.15, 0.2) is 83.1 Å². The van der Waals surface area contributed by atoms with Crippen LogP contribution in [0.3, 0.4) is 0 Å². The molecule has 0 spiro atoms. The van der Waals surface area contributed by atoms with Crippen molar-refractivity contribution in [1.29, 1.82) is 0 Å². The van der Waals surface area contributed by atoms with Crippen molar-refractivity contribution in [3.05, 3.63) is 89.7 Å². The van der Waals surface area contributed by atoms with E-state index in [4.69, 9.17) is 4.74 Å². The van der Waals surface area contributed by atoms with Crippen LogP contribution in [0.1, 0.15) is 11.1 Å². The first-order valence-electron chi connectivity index (χ1n) is 10.4. The molecule has 0 saturated carbocycles. The molecule has 0 unspecified atom stereocenters. The number of ether oxygens (including phenoxy) is 1. The van der Waals surface area contributed by atoms with E-state index < -0.39 is 0 Å². The van der Waals surface area contributed by atoms with Gasteiger partial charge in [-0.2, -0.15) is 5.10 Å². The Morgan fingerprint density at radius 2 is 1.76 bits per heavy atom. The molecule has 1 heterocycles. The largest absolute Gasteiger partial charge is 0.497 e. The number of aryl methyl sites for hydroxylation is 1. The summed E-state index contributed by atoms with van der Waals surface area (Å²) < 4.78 is 20.2. The number of halogens is 1. The van der Waals surface area contributed by atoms with E-state index >= 15 is 0 Å². The first kappa shape index (κ1) is 23.2. The Bertz CT molecular complexity index is 1290. The number of nitrogens with zero attached hydrogens (tertiary/aromatic N) is 4. The van der Waals surface area contributed by atoms with Crippen LogP contribution >= 0.6 is 11.8 Å². The number of hydrogen-bond acceptors (Lipinski definition) is 6. The Kier molecular flexibility index (Phi) is 7.34. The number of methoxy groups -OCH3 is 1. The van der Waals surface area contributed by atoms with E-state index in [0.717, 1.165) is 22.6 Å². The molecule has 3 aromatic carbocycles. The lowest BCUT2D eigenvalue weighted by molar-refractivity contribution is -0.118. The first-order chi connectivity index (χ1) is 16.5. The summed E-state index contributed by atoms with van der Waals surface area (Å²) in [7, 11) is 1.62. The van der Waals surface area contributed by atoms with Crippen LogP contribution in [0, 0.1) is 12.7 Å². The second kappa shape index (κ2) is 10.8. The normalized spacial score (nSPS) is 11.0. The monoisotopic (exact) mass is 475 g/mol. The average Bonchev–Trinajstić information content (AvgIpc) is 3.28. The van der Waals surface area contributed by atoms with E-state index in [9.17, 15) is 9.18 Å². The zero-order valence-electron chi connectivity index (χ0n) is 18.6. The smallest absolute Gasteiger partial charge is 0.250 e. The maximum absolute atomic E-state index is 13.0. The van der Waals surface area contributed by atoms with Gasteiger partial charge in [-0.15, -0.1) is 10.2 Å². The van der Waals surface area contributed by atoms with Gasteiger partial charge in [0.15, 0.2) is 11.0 Å². The van der Waals surface area contributed by atoms with Crippen LogP contribution in [0.4, 0.5) is 4.39 Å². The lowest BCUT2D eigenvalue weighted by Gasteiger charge is -2.11. The number of carbonyl (C=O) groups is 1. The van der Waals surface area contributed by atoms with Crippen molar-refractivity contribution < 1.29 is 13.9 Å². The van der Waals surface area contributed by atoms with Crippen LogP contribution in [0.5, 0.6) is 5.75 Å². The summed E-state index contributed by atoms with van der Waals surface area (Å²) in [5, 5.41) is 13.2. The highest BCUT2D eigenvalue weighted by Gasteiger charge is 2.17. The summed E-state index contributed by atoms with van der Waals surface area (Å²) in [4.78, 5) is 12.3. The molecule has 0 atom stereocenters. The maximum atomic E-state index is 13.0. The Labute approximate surface area is 200 Å². The van der Waals surface area contributed by atoms with E-state index in [1.807, 2.05) is 60.0 Å². The minimum Gasteiger partial charge on any atom is -0.497 e. The molecule has 0 aliphatic carbocycles. The molecule has 0 bridgehead atoms. The number of aromatic nitrogens is 3. The Morgan fingerprint density at radius 1 is 1.06 bits per heavy atom. The van der Waals surface area contributed by atoms with Gasteiger partial charge in [-0.05, 0) is 48.9 Å². The summed E-state index contributed by atoms with van der Waals surface area (Å²) in [5.41, 5.74) is 6.06. The quantitative estimate of drug-likeness (QED) is 0.228. The number of amides is 1. The molecule has 1 N–H and O–H groups in total. The van der Waals surface area contributed by atoms with Crippen molar-refractivity contribution in [1.82, 2.24) is 20.2 Å². The van der Waals surface area contributed by atoms with Crippen LogP contribution < -0.4 is 10.2 Å². The van der Waals surface area contributed by atoms with Crippen LogP contribution in [0.2, 0.25) is 0 Å². The highest BCUT2D eigenvalue weighted by molar-refractivity contribution is 7.99. The number of thioether (sulfide) groups is 1. The Hall–Kier alpha value is -3.98. The van der Waals surface area contributed by atoms with E-state index in [-0.39, 0.29) is 17.5 Å². The van der Waals surface area contributed by atoms with E-state index in [1.54, 1.807) is 19.2 Å². The zero-order chi connectivity index (χ0) is 23.9. The molecular weight excluding hydrogens is 453 g/mol. The molecule has 0 fully saturated rings. The molecule has 4 aromatic rings. The number of benzene rings is 3. The van der Waals surface area contributed by atoms with Crippen molar-refractivity contribution >= 4 is 23.9 Å². The summed E-state index contributed by atoms with van der Waals surface area (Å²) in [6.45, 7) is 2.02. The molecule has 9 heteroatoms. The number of hydrazone groups is 1. The SMILES string of the molecule is COc1ccc(-n2c(SCC(=O)N/N=C/c3ccc(F)cc3)nnc2-c2ccc(C)cc2)cc1. The van der Waals surface area contributed by atoms with E-state index in [0.29, 0.717) is 16.5 Å². The van der Waals surface area contributed by atoms with Crippen molar-refractivity contribution in [3.8, 4) is 22.8 Å². The van der Waals surface area contributed by atoms with E-state index in [2.05, 4.69) is 20.7 Å². The molecule has 4 rings (SSSR count). The van der Waals surface area contributed by atoms with Crippen molar-refractivity contribution in [2.45, 2.75) is 12.1 Å². The zero-order valence-corrected chi connectivity index (χ0v) is 19.4. The van der Waals surface area contributed by atoms with Crippen molar-refractivity contribution in [2.75, 3.05) is 12.9 Å². The lowest BCUT2D eigenvalue weighted by atomic mass is 10.1. The van der Waals surface area contributed by atoms with Gasteiger partial charge in [0.05, 0.1) is 19.1 Å². The third kappa shape index (κ3) is 5.68. The molecule has 0 aliphatic heterocycles. The molecule has 7 nitrogen and oxygen atoms in total. The molecule has 1 amide bonds. The van der Waals surface area contributed by atoms with Gasteiger partial charge >= 0.3 is 0 Å². The number of carbonyl (C=O) groups excluding carboxylic acids is 1. The number of nitrogens with one attached hydrogen (secondary N) is 1. The van der Waals surface area contributed by atoms with Gasteiger partial charge in [-0.3, -0.25) is 9.36 Å². The Morgan fingerprint density at radius 3 is 2.44 bits per heavy atom. The minimum atomic E-state index is -0.330. The number of rotatable bonds is 8. The summed E-state index contributed by atoms with van der Waals surface area (Å²) in [6.07, 6.45) is 1.46. The van der Waals surface area contributed by atoms with Gasteiger partial charge in [0.1, 0.15) is 11.6 Å². The van der Waals surface area contributed by atoms with Gasteiger partial charge < -0.3 is 4.74 Å². The van der Waals surface area contributed by atoms with Gasteiger partial charge in [0.2, 0.25) is 0 Å². The third-order valence-corrected chi connectivity index (χ3v) is 5.81. The third-order valence-electron chi connectivity index (χ3n) is 4.88. The fourth-order valence-electron chi connectivity index (χ4n) is 3.11. The van der Waals surface area contributed by atoms with Gasteiger partial charge in [0.25, 0.3) is 5.91 Å². The van der Waals surface area contributed by atoms with Crippen molar-refractivity contribution in [3.63, 3.8) is 0 Å². The lowest BCUT2D eigenvalue weighted by Crippen LogP contribution is -2.20. The second-order valence-corrected chi connectivity index (χ2v) is 8.28. The van der Waals surface area contributed by atoms with Crippen molar-refractivity contribution in [2.24, 2.45) is 5.10 Å². The molecule has 34 heavy (non-hydrogen) atoms. The summed E-state index contributed by atoms with van der Waals surface area (Å²) in [5.74, 6) is 0.861. The van der Waals surface area contributed by atoms with Gasteiger partial charge in [-0.1, -0.05) is 53.7 Å². The maximum Gasteiger partial charge on any atom is 0.250 e. The topological polar surface area (TPSA) is 81.4 Å². The first-order valence-corrected chi connectivity index (χ1v) is 11.4. The minimum absolute atomic E-state index is 0.0863. The molecule has 0 saturated heterocycles. The summed E-state index contributed by atoms with van der Waals surface area (Å²) >= 11 is 1.25. The fraction of sp³-hybridized carbons (Fsp3) is 0.120. The predicted octanol–water partition coefficient (Wildman–Crippen LogP) is 4.63. The predicted molar refractivity (Wildman–Crippen MR) is 131 cm³/mol. The van der Waals surface area contributed by atoms with E-state index in [1.165, 1.54) is 30.1 Å². The van der Waals surface area contributed by atoms with Gasteiger partial charge in [0, 0.05) is 11.3 Å². The Balaban J connectivity index is 1.52. The molecular formula is C25H22FN5O2S.